The lowest BCUT2D eigenvalue weighted by Gasteiger charge is -2.11. The smallest absolute Gasteiger partial charge is 0.383 e. The van der Waals surface area contributed by atoms with Gasteiger partial charge >= 0.3 is 6.18 Å². The molecule has 1 aromatic carbocycles. The van der Waals surface area contributed by atoms with E-state index in [1.165, 1.54) is 6.07 Å². The maximum atomic E-state index is 13.1. The molecule has 20 heavy (non-hydrogen) atoms. The van der Waals surface area contributed by atoms with Crippen molar-refractivity contribution in [1.82, 2.24) is 9.97 Å². The number of nitrogen functional groups attached to an aromatic ring is 1. The largest absolute Gasteiger partial charge is 0.419 e. The molecular formula is C11H7BrF4N4. The minimum atomic E-state index is -4.78. The molecule has 0 saturated carbocycles. The highest BCUT2D eigenvalue weighted by atomic mass is 79.9. The van der Waals surface area contributed by atoms with Gasteiger partial charge in [0.05, 0.1) is 5.56 Å². The molecule has 106 valence electrons. The number of nitrogens with zero attached hydrogens (tertiary/aromatic N) is 2. The molecule has 0 aliphatic heterocycles. The molecule has 4 nitrogen and oxygen atoms in total. The number of alkyl halides is 3. The summed E-state index contributed by atoms with van der Waals surface area (Å²) in [5.74, 6) is -1.22. The van der Waals surface area contributed by atoms with Gasteiger partial charge in [-0.05, 0) is 34.1 Å². The van der Waals surface area contributed by atoms with E-state index in [1.54, 1.807) is 0 Å². The molecule has 2 aromatic rings. The topological polar surface area (TPSA) is 63.8 Å². The van der Waals surface area contributed by atoms with Crippen LogP contribution in [0, 0.1) is 5.82 Å². The average Bonchev–Trinajstić information content (AvgIpc) is 2.29. The molecule has 1 aromatic heterocycles. The quantitative estimate of drug-likeness (QED) is 0.639. The van der Waals surface area contributed by atoms with Crippen molar-refractivity contribution in [3.8, 4) is 0 Å². The van der Waals surface area contributed by atoms with E-state index < -0.39 is 17.6 Å². The number of hydrogen-bond acceptors (Lipinski definition) is 4. The molecule has 0 saturated heterocycles. The van der Waals surface area contributed by atoms with E-state index >= 15 is 0 Å². The summed E-state index contributed by atoms with van der Waals surface area (Å²) in [7, 11) is 0. The highest BCUT2D eigenvalue weighted by Gasteiger charge is 2.34. The second-order valence-corrected chi connectivity index (χ2v) is 4.57. The van der Waals surface area contributed by atoms with Crippen molar-refractivity contribution in [1.29, 1.82) is 0 Å². The molecule has 0 aliphatic rings. The maximum Gasteiger partial charge on any atom is 0.419 e. The number of aromatic nitrogens is 2. The van der Waals surface area contributed by atoms with Crippen LogP contribution in [0.25, 0.3) is 0 Å². The fourth-order valence-corrected chi connectivity index (χ4v) is 1.84. The molecule has 0 amide bonds. The van der Waals surface area contributed by atoms with Gasteiger partial charge in [0.25, 0.3) is 0 Å². The number of rotatable bonds is 2. The second kappa shape index (κ2) is 5.23. The van der Waals surface area contributed by atoms with Gasteiger partial charge in [-0.15, -0.1) is 0 Å². The lowest BCUT2D eigenvalue weighted by atomic mass is 10.2. The summed E-state index contributed by atoms with van der Waals surface area (Å²) in [6.07, 6.45) is -4.78. The normalized spacial score (nSPS) is 11.4. The Hall–Kier alpha value is -1.90. The van der Waals surface area contributed by atoms with Crippen LogP contribution in [0.3, 0.4) is 0 Å². The van der Waals surface area contributed by atoms with Crippen molar-refractivity contribution in [3.63, 3.8) is 0 Å². The first kappa shape index (κ1) is 14.5. The maximum absolute atomic E-state index is 13.1. The zero-order chi connectivity index (χ0) is 14.9. The van der Waals surface area contributed by atoms with E-state index in [0.717, 1.165) is 6.07 Å². The summed E-state index contributed by atoms with van der Waals surface area (Å²) < 4.78 is 51.2. The van der Waals surface area contributed by atoms with Gasteiger partial charge in [0.1, 0.15) is 16.2 Å². The Bertz CT molecular complexity index is 625. The molecular weight excluding hydrogens is 344 g/mol. The van der Waals surface area contributed by atoms with Crippen LogP contribution in [0.4, 0.5) is 35.0 Å². The summed E-state index contributed by atoms with van der Waals surface area (Å²) in [6.45, 7) is 0. The van der Waals surface area contributed by atoms with Crippen molar-refractivity contribution in [3.05, 3.63) is 40.2 Å². The van der Waals surface area contributed by atoms with Crippen molar-refractivity contribution in [2.45, 2.75) is 6.18 Å². The summed E-state index contributed by atoms with van der Waals surface area (Å²) >= 11 is 3.07. The van der Waals surface area contributed by atoms with Gasteiger partial charge in [-0.1, -0.05) is 0 Å². The fourth-order valence-electron chi connectivity index (χ4n) is 1.44. The third-order valence-electron chi connectivity index (χ3n) is 2.24. The highest BCUT2D eigenvalue weighted by molar-refractivity contribution is 9.10. The lowest BCUT2D eigenvalue weighted by molar-refractivity contribution is -0.139. The summed E-state index contributed by atoms with van der Waals surface area (Å²) in [5.41, 5.74) is 4.10. The predicted molar refractivity (Wildman–Crippen MR) is 68.8 cm³/mol. The molecule has 0 radical (unpaired) electrons. The molecule has 0 fully saturated rings. The Morgan fingerprint density at radius 3 is 2.45 bits per heavy atom. The van der Waals surface area contributed by atoms with Crippen molar-refractivity contribution < 1.29 is 17.6 Å². The molecule has 0 atom stereocenters. The van der Waals surface area contributed by atoms with E-state index in [1.807, 2.05) is 0 Å². The van der Waals surface area contributed by atoms with Gasteiger partial charge in [-0.3, -0.25) is 0 Å². The first-order valence-electron chi connectivity index (χ1n) is 5.19. The van der Waals surface area contributed by atoms with Crippen LogP contribution >= 0.6 is 15.9 Å². The van der Waals surface area contributed by atoms with Crippen LogP contribution in [0.5, 0.6) is 0 Å². The number of benzene rings is 1. The van der Waals surface area contributed by atoms with Crippen LogP contribution in [-0.2, 0) is 6.18 Å². The minimum absolute atomic E-state index is 0.00314. The first-order chi connectivity index (χ1) is 9.25. The number of anilines is 3. The van der Waals surface area contributed by atoms with E-state index in [0.29, 0.717) is 16.7 Å². The Labute approximate surface area is 119 Å². The van der Waals surface area contributed by atoms with Gasteiger partial charge in [0.2, 0.25) is 5.95 Å². The number of hydrogen-bond donors (Lipinski definition) is 2. The highest BCUT2D eigenvalue weighted by Crippen LogP contribution is 2.33. The zero-order valence-electron chi connectivity index (χ0n) is 9.67. The van der Waals surface area contributed by atoms with Gasteiger partial charge in [-0.2, -0.15) is 18.2 Å². The average molecular weight is 351 g/mol. The molecule has 3 N–H and O–H groups in total. The number of nitrogens with one attached hydrogen (secondary N) is 1. The molecule has 0 aliphatic carbocycles. The van der Waals surface area contributed by atoms with Crippen molar-refractivity contribution >= 4 is 33.4 Å². The first-order valence-corrected chi connectivity index (χ1v) is 5.99. The van der Waals surface area contributed by atoms with Crippen LogP contribution in [0.15, 0.2) is 28.9 Å². The van der Waals surface area contributed by atoms with E-state index in [-0.39, 0.29) is 17.5 Å². The molecule has 0 spiro atoms. The number of nitrogens with two attached hydrogens (primary N) is 1. The Morgan fingerprint density at radius 2 is 1.85 bits per heavy atom. The summed E-state index contributed by atoms with van der Waals surface area (Å²) in [6, 6.07) is 3.92. The Balaban J connectivity index is 2.35. The Morgan fingerprint density at radius 1 is 1.15 bits per heavy atom. The van der Waals surface area contributed by atoms with Crippen molar-refractivity contribution in [2.75, 3.05) is 11.1 Å². The van der Waals surface area contributed by atoms with E-state index in [2.05, 4.69) is 31.2 Å². The van der Waals surface area contributed by atoms with E-state index in [4.69, 9.17) is 5.73 Å². The third kappa shape index (κ3) is 3.35. The number of halogens is 5. The minimum Gasteiger partial charge on any atom is -0.383 e. The zero-order valence-corrected chi connectivity index (χ0v) is 11.3. The monoisotopic (exact) mass is 350 g/mol. The summed E-state index contributed by atoms with van der Waals surface area (Å²) in [4.78, 5) is 7.68. The predicted octanol–water partition coefficient (Wildman–Crippen LogP) is 3.72. The lowest BCUT2D eigenvalue weighted by Crippen LogP contribution is -2.09. The van der Waals surface area contributed by atoms with Crippen molar-refractivity contribution in [2.24, 2.45) is 0 Å². The standard InChI is InChI=1S/C11H7BrF4N4/c12-8-4-9(17)20-10(19-8)18-5-1-2-7(13)6(3-5)11(14,15)16/h1-4H,(H3,17,18,19,20). The van der Waals surface area contributed by atoms with Crippen LogP contribution in [0.1, 0.15) is 5.56 Å². The van der Waals surface area contributed by atoms with Gasteiger partial charge in [-0.25, -0.2) is 9.37 Å². The molecule has 2 rings (SSSR count). The molecule has 0 bridgehead atoms. The Kier molecular flexibility index (Phi) is 3.80. The SMILES string of the molecule is Nc1cc(Br)nc(Nc2ccc(F)c(C(F)(F)F)c2)n1. The van der Waals surface area contributed by atoms with Crippen LogP contribution in [-0.4, -0.2) is 9.97 Å². The molecule has 9 heteroatoms. The van der Waals surface area contributed by atoms with Gasteiger partial charge in [0, 0.05) is 11.8 Å². The second-order valence-electron chi connectivity index (χ2n) is 3.76. The van der Waals surface area contributed by atoms with Crippen LogP contribution in [0.2, 0.25) is 0 Å². The molecule has 0 unspecified atom stereocenters. The van der Waals surface area contributed by atoms with Gasteiger partial charge in [0.15, 0.2) is 0 Å². The summed E-state index contributed by atoms with van der Waals surface area (Å²) in [5, 5.41) is 2.53. The van der Waals surface area contributed by atoms with Gasteiger partial charge < -0.3 is 11.1 Å². The van der Waals surface area contributed by atoms with E-state index in [9.17, 15) is 17.6 Å². The van der Waals surface area contributed by atoms with Crippen LogP contribution < -0.4 is 11.1 Å². The molecule has 1 heterocycles. The fraction of sp³-hybridized carbons (Fsp3) is 0.0909. The third-order valence-corrected chi connectivity index (χ3v) is 2.65.